The first-order valence-electron chi connectivity index (χ1n) is 5.78. The molecule has 1 aromatic carbocycles. The van der Waals surface area contributed by atoms with Crippen LogP contribution in [0.4, 0.5) is 0 Å². The number of fused-ring (bicyclic) bond motifs is 1. The highest BCUT2D eigenvalue weighted by molar-refractivity contribution is 9.08. The van der Waals surface area contributed by atoms with E-state index in [2.05, 4.69) is 32.0 Å². The molecule has 0 amide bonds. The largest absolute Gasteiger partial charge is 0.319 e. The third-order valence-electron chi connectivity index (χ3n) is 3.23. The number of nitrogens with zero attached hydrogens (tertiary/aromatic N) is 1. The number of aryl methyl sites for hydroxylation is 1. The maximum absolute atomic E-state index is 11.6. The Kier molecular flexibility index (Phi) is 2.54. The van der Waals surface area contributed by atoms with Crippen molar-refractivity contribution in [2.45, 2.75) is 31.0 Å². The summed E-state index contributed by atoms with van der Waals surface area (Å²) in [7, 11) is 0. The van der Waals surface area contributed by atoms with Gasteiger partial charge in [-0.1, -0.05) is 22.0 Å². The highest BCUT2D eigenvalue weighted by Crippen LogP contribution is 2.42. The third-order valence-corrected chi connectivity index (χ3v) is 3.87. The number of alkyl halides is 1. The summed E-state index contributed by atoms with van der Waals surface area (Å²) in [6, 6.07) is 4.21. The van der Waals surface area contributed by atoms with E-state index in [4.69, 9.17) is 0 Å². The monoisotopic (exact) mass is 292 g/mol. The molecule has 0 saturated heterocycles. The van der Waals surface area contributed by atoms with Gasteiger partial charge in [-0.3, -0.25) is 4.79 Å². The SMILES string of the molecule is Cc1nc2c(C3CC3)cc(CBr)cc2[nH]c1=O. The van der Waals surface area contributed by atoms with Crippen molar-refractivity contribution in [1.29, 1.82) is 0 Å². The Balaban J connectivity index is 2.35. The number of H-pyrrole nitrogens is 1. The smallest absolute Gasteiger partial charge is 0.269 e. The van der Waals surface area contributed by atoms with Crippen molar-refractivity contribution in [1.82, 2.24) is 9.97 Å². The molecule has 1 fully saturated rings. The van der Waals surface area contributed by atoms with Crippen LogP contribution in [-0.4, -0.2) is 9.97 Å². The highest BCUT2D eigenvalue weighted by Gasteiger charge is 2.26. The zero-order valence-electron chi connectivity index (χ0n) is 9.59. The van der Waals surface area contributed by atoms with Crippen molar-refractivity contribution in [2.24, 2.45) is 0 Å². The van der Waals surface area contributed by atoms with E-state index in [1.54, 1.807) is 6.92 Å². The molecule has 0 atom stereocenters. The number of aromatic nitrogens is 2. The van der Waals surface area contributed by atoms with Gasteiger partial charge in [0.15, 0.2) is 0 Å². The van der Waals surface area contributed by atoms with Crippen LogP contribution >= 0.6 is 15.9 Å². The van der Waals surface area contributed by atoms with Gasteiger partial charge in [-0.2, -0.15) is 0 Å². The number of hydrogen-bond acceptors (Lipinski definition) is 2. The van der Waals surface area contributed by atoms with E-state index < -0.39 is 0 Å². The number of aromatic amines is 1. The van der Waals surface area contributed by atoms with Gasteiger partial charge in [0.05, 0.1) is 11.0 Å². The maximum Gasteiger partial charge on any atom is 0.269 e. The van der Waals surface area contributed by atoms with Gasteiger partial charge in [0.2, 0.25) is 0 Å². The van der Waals surface area contributed by atoms with Crippen LogP contribution in [0.2, 0.25) is 0 Å². The minimum Gasteiger partial charge on any atom is -0.319 e. The summed E-state index contributed by atoms with van der Waals surface area (Å²) in [4.78, 5) is 19.0. The van der Waals surface area contributed by atoms with Crippen LogP contribution in [0.5, 0.6) is 0 Å². The van der Waals surface area contributed by atoms with Gasteiger partial charge in [0.1, 0.15) is 5.69 Å². The van der Waals surface area contributed by atoms with Crippen LogP contribution in [0, 0.1) is 6.92 Å². The fourth-order valence-corrected chi connectivity index (χ4v) is 2.48. The van der Waals surface area contributed by atoms with Gasteiger partial charge < -0.3 is 4.98 Å². The minimum atomic E-state index is -0.0917. The molecule has 1 aromatic heterocycles. The Morgan fingerprint density at radius 2 is 2.24 bits per heavy atom. The van der Waals surface area contributed by atoms with Gasteiger partial charge >= 0.3 is 0 Å². The number of halogens is 1. The van der Waals surface area contributed by atoms with Gasteiger partial charge in [0, 0.05) is 5.33 Å². The topological polar surface area (TPSA) is 45.8 Å². The summed E-state index contributed by atoms with van der Waals surface area (Å²) in [6.07, 6.45) is 2.47. The fourth-order valence-electron chi connectivity index (χ4n) is 2.15. The first-order valence-corrected chi connectivity index (χ1v) is 6.90. The molecule has 2 aromatic rings. The Morgan fingerprint density at radius 1 is 1.47 bits per heavy atom. The Hall–Kier alpha value is -1.16. The average Bonchev–Trinajstić information content (AvgIpc) is 3.13. The van der Waals surface area contributed by atoms with Crippen LogP contribution in [0.1, 0.15) is 35.6 Å². The van der Waals surface area contributed by atoms with Crippen molar-refractivity contribution >= 4 is 27.0 Å². The molecule has 1 heterocycles. The lowest BCUT2D eigenvalue weighted by Gasteiger charge is -2.08. The second-order valence-electron chi connectivity index (χ2n) is 4.64. The third kappa shape index (κ3) is 1.90. The Labute approximate surface area is 107 Å². The molecule has 0 spiro atoms. The van der Waals surface area contributed by atoms with Crippen LogP contribution in [0.15, 0.2) is 16.9 Å². The molecule has 3 rings (SSSR count). The van der Waals surface area contributed by atoms with E-state index in [-0.39, 0.29) is 5.56 Å². The van der Waals surface area contributed by atoms with Crippen molar-refractivity contribution in [3.63, 3.8) is 0 Å². The molecular weight excluding hydrogens is 280 g/mol. The summed E-state index contributed by atoms with van der Waals surface area (Å²) < 4.78 is 0. The maximum atomic E-state index is 11.6. The second-order valence-corrected chi connectivity index (χ2v) is 5.20. The lowest BCUT2D eigenvalue weighted by atomic mass is 10.0. The number of benzene rings is 1. The van der Waals surface area contributed by atoms with Crippen LogP contribution in [0.3, 0.4) is 0 Å². The van der Waals surface area contributed by atoms with E-state index >= 15 is 0 Å². The molecule has 1 N–H and O–H groups in total. The number of rotatable bonds is 2. The fraction of sp³-hybridized carbons (Fsp3) is 0.385. The molecule has 1 aliphatic carbocycles. The predicted molar refractivity (Wildman–Crippen MR) is 71.7 cm³/mol. The van der Waals surface area contributed by atoms with Gasteiger partial charge in [0.25, 0.3) is 5.56 Å². The molecular formula is C13H13BrN2O. The summed E-state index contributed by atoms with van der Waals surface area (Å²) in [5.41, 5.74) is 4.77. The summed E-state index contributed by atoms with van der Waals surface area (Å²) in [5, 5.41) is 0.804. The van der Waals surface area contributed by atoms with E-state index in [1.165, 1.54) is 24.0 Å². The lowest BCUT2D eigenvalue weighted by Crippen LogP contribution is -2.12. The standard InChI is InChI=1S/C13H13BrN2O/c1-7-13(17)16-11-5-8(6-14)4-10(9-2-3-9)12(11)15-7/h4-5,9H,2-3,6H2,1H3,(H,16,17). The first kappa shape index (κ1) is 11.0. The molecule has 0 bridgehead atoms. The molecule has 88 valence electrons. The van der Waals surface area contributed by atoms with Crippen molar-refractivity contribution in [3.8, 4) is 0 Å². The minimum absolute atomic E-state index is 0.0917. The van der Waals surface area contributed by atoms with Crippen LogP contribution in [-0.2, 0) is 5.33 Å². The van der Waals surface area contributed by atoms with E-state index in [0.29, 0.717) is 11.6 Å². The molecule has 3 nitrogen and oxygen atoms in total. The van der Waals surface area contributed by atoms with Gasteiger partial charge in [-0.15, -0.1) is 0 Å². The molecule has 4 heteroatoms. The van der Waals surface area contributed by atoms with Crippen LogP contribution < -0.4 is 5.56 Å². The second kappa shape index (κ2) is 3.95. The van der Waals surface area contributed by atoms with Crippen LogP contribution in [0.25, 0.3) is 11.0 Å². The normalized spacial score (nSPS) is 15.4. The lowest BCUT2D eigenvalue weighted by molar-refractivity contribution is 1.07. The summed E-state index contributed by atoms with van der Waals surface area (Å²) in [5.74, 6) is 0.634. The van der Waals surface area contributed by atoms with Gasteiger partial charge in [-0.05, 0) is 42.9 Å². The molecule has 0 radical (unpaired) electrons. The Morgan fingerprint density at radius 3 is 2.88 bits per heavy atom. The number of hydrogen-bond donors (Lipinski definition) is 1. The molecule has 0 aliphatic heterocycles. The van der Waals surface area contributed by atoms with Crippen molar-refractivity contribution in [2.75, 3.05) is 0 Å². The number of nitrogens with one attached hydrogen (secondary N) is 1. The molecule has 1 aliphatic rings. The predicted octanol–water partition coefficient (Wildman–Crippen LogP) is 3.00. The highest BCUT2D eigenvalue weighted by atomic mass is 79.9. The van der Waals surface area contributed by atoms with Gasteiger partial charge in [-0.25, -0.2) is 4.98 Å². The van der Waals surface area contributed by atoms with Crippen molar-refractivity contribution < 1.29 is 0 Å². The first-order chi connectivity index (χ1) is 8.19. The van der Waals surface area contributed by atoms with Crippen molar-refractivity contribution in [3.05, 3.63) is 39.3 Å². The average molecular weight is 293 g/mol. The van der Waals surface area contributed by atoms with E-state index in [1.807, 2.05) is 6.07 Å². The van der Waals surface area contributed by atoms with E-state index in [9.17, 15) is 4.79 Å². The van der Waals surface area contributed by atoms with E-state index in [0.717, 1.165) is 16.4 Å². The summed E-state index contributed by atoms with van der Waals surface area (Å²) >= 11 is 3.47. The quantitative estimate of drug-likeness (QED) is 0.865. The molecule has 0 unspecified atom stereocenters. The summed E-state index contributed by atoms with van der Waals surface area (Å²) in [6.45, 7) is 1.76. The zero-order chi connectivity index (χ0) is 12.0. The molecule has 1 saturated carbocycles. The Bertz CT molecular complexity index is 644. The molecule has 17 heavy (non-hydrogen) atoms. The zero-order valence-corrected chi connectivity index (χ0v) is 11.2.